The Kier molecular flexibility index (Phi) is 4.14. The second-order valence-electron chi connectivity index (χ2n) is 4.57. The molecule has 2 N–H and O–H groups in total. The van der Waals surface area contributed by atoms with Crippen LogP contribution in [0.25, 0.3) is 0 Å². The molecule has 7 heteroatoms. The van der Waals surface area contributed by atoms with E-state index in [1.165, 1.54) is 16.6 Å². The first-order valence-electron chi connectivity index (χ1n) is 6.15. The number of aromatic nitrogens is 1. The molecule has 1 fully saturated rings. The molecule has 0 amide bonds. The van der Waals surface area contributed by atoms with Gasteiger partial charge in [0.15, 0.2) is 5.03 Å². The van der Waals surface area contributed by atoms with Gasteiger partial charge in [-0.25, -0.2) is 13.4 Å². The van der Waals surface area contributed by atoms with E-state index in [1.54, 1.807) is 6.07 Å². The maximum atomic E-state index is 12.5. The molecule has 1 aromatic rings. The lowest BCUT2D eigenvalue weighted by Gasteiger charge is -2.30. The Morgan fingerprint density at radius 1 is 1.58 bits per heavy atom. The Morgan fingerprint density at radius 3 is 3.05 bits per heavy atom. The van der Waals surface area contributed by atoms with Gasteiger partial charge in [-0.3, -0.25) is 0 Å². The van der Waals surface area contributed by atoms with E-state index in [2.05, 4.69) is 4.98 Å². The summed E-state index contributed by atoms with van der Waals surface area (Å²) in [6, 6.07) is 4.89. The van der Waals surface area contributed by atoms with Crippen LogP contribution in [-0.2, 0) is 10.0 Å². The number of pyridine rings is 1. The van der Waals surface area contributed by atoms with Crippen molar-refractivity contribution >= 4 is 10.0 Å². The van der Waals surface area contributed by atoms with Gasteiger partial charge < -0.3 is 5.73 Å². The molecular weight excluding hydrogens is 264 g/mol. The molecule has 0 radical (unpaired) electrons. The van der Waals surface area contributed by atoms with Gasteiger partial charge >= 0.3 is 0 Å². The van der Waals surface area contributed by atoms with Crippen LogP contribution in [-0.4, -0.2) is 37.3 Å². The van der Waals surface area contributed by atoms with E-state index in [0.29, 0.717) is 19.6 Å². The number of piperidine rings is 1. The summed E-state index contributed by atoms with van der Waals surface area (Å²) in [5.41, 5.74) is 5.69. The van der Waals surface area contributed by atoms with E-state index < -0.39 is 10.0 Å². The zero-order chi connectivity index (χ0) is 13.9. The minimum atomic E-state index is -3.70. The van der Waals surface area contributed by atoms with Crippen LogP contribution in [0.1, 0.15) is 18.4 Å². The van der Waals surface area contributed by atoms with E-state index in [0.717, 1.165) is 12.8 Å². The maximum absolute atomic E-state index is 12.5. The normalized spacial score (nSPS) is 20.9. The van der Waals surface area contributed by atoms with Gasteiger partial charge in [0.1, 0.15) is 6.07 Å². The van der Waals surface area contributed by atoms with Crippen molar-refractivity contribution in [1.29, 1.82) is 5.26 Å². The van der Waals surface area contributed by atoms with Crippen LogP contribution in [0.2, 0.25) is 0 Å². The van der Waals surface area contributed by atoms with Gasteiger partial charge in [-0.1, -0.05) is 0 Å². The molecule has 0 aliphatic carbocycles. The lowest BCUT2D eigenvalue weighted by atomic mass is 10.0. The summed E-state index contributed by atoms with van der Waals surface area (Å²) in [4.78, 5) is 3.86. The van der Waals surface area contributed by atoms with E-state index in [1.807, 2.05) is 6.07 Å². The average molecular weight is 280 g/mol. The highest BCUT2D eigenvalue weighted by Crippen LogP contribution is 2.23. The highest BCUT2D eigenvalue weighted by molar-refractivity contribution is 7.89. The summed E-state index contributed by atoms with van der Waals surface area (Å²) in [5, 5.41) is 8.83. The number of sulfonamides is 1. The third-order valence-electron chi connectivity index (χ3n) is 3.29. The standard InChI is InChI=1S/C12H16N4O2S/c13-7-10-3-2-6-16(9-10)19(17,18)12-11(8-14)4-1-5-15-12/h1,4-5,10H,2-3,6-7,9,13H2/t10-/m1/s1. The van der Waals surface area contributed by atoms with Crippen LogP contribution in [0.15, 0.2) is 23.4 Å². The monoisotopic (exact) mass is 280 g/mol. The zero-order valence-electron chi connectivity index (χ0n) is 10.5. The highest BCUT2D eigenvalue weighted by atomic mass is 32.2. The summed E-state index contributed by atoms with van der Waals surface area (Å²) >= 11 is 0. The van der Waals surface area contributed by atoms with Gasteiger partial charge in [-0.05, 0) is 37.4 Å². The minimum absolute atomic E-state index is 0.0809. The van der Waals surface area contributed by atoms with Crippen LogP contribution < -0.4 is 5.73 Å². The largest absolute Gasteiger partial charge is 0.330 e. The second-order valence-corrected chi connectivity index (χ2v) is 6.43. The van der Waals surface area contributed by atoms with Gasteiger partial charge in [0.2, 0.25) is 0 Å². The van der Waals surface area contributed by atoms with Crippen LogP contribution >= 0.6 is 0 Å². The van der Waals surface area contributed by atoms with Crippen molar-refractivity contribution in [2.75, 3.05) is 19.6 Å². The molecule has 102 valence electrons. The Hall–Kier alpha value is -1.49. The number of rotatable bonds is 3. The minimum Gasteiger partial charge on any atom is -0.330 e. The molecule has 6 nitrogen and oxygen atoms in total. The fourth-order valence-corrected chi connectivity index (χ4v) is 3.85. The van der Waals surface area contributed by atoms with Gasteiger partial charge in [0.25, 0.3) is 10.0 Å². The van der Waals surface area contributed by atoms with Crippen molar-refractivity contribution in [3.8, 4) is 6.07 Å². The molecule has 0 unspecified atom stereocenters. The number of nitrogens with zero attached hydrogens (tertiary/aromatic N) is 3. The topological polar surface area (TPSA) is 100 Å². The molecule has 2 rings (SSSR count). The van der Waals surface area contributed by atoms with Crippen LogP contribution in [0, 0.1) is 17.2 Å². The Labute approximate surface area is 112 Å². The predicted octanol–water partition coefficient (Wildman–Crippen LogP) is 0.313. The van der Waals surface area contributed by atoms with Gasteiger partial charge in [0, 0.05) is 19.3 Å². The van der Waals surface area contributed by atoms with E-state index in [-0.39, 0.29) is 16.5 Å². The lowest BCUT2D eigenvalue weighted by Crippen LogP contribution is -2.42. The third kappa shape index (κ3) is 2.76. The molecule has 0 aromatic carbocycles. The number of nitrogens with two attached hydrogens (primary N) is 1. The zero-order valence-corrected chi connectivity index (χ0v) is 11.3. The number of hydrogen-bond donors (Lipinski definition) is 1. The second kappa shape index (κ2) is 5.65. The predicted molar refractivity (Wildman–Crippen MR) is 69.5 cm³/mol. The fraction of sp³-hybridized carbons (Fsp3) is 0.500. The first-order chi connectivity index (χ1) is 9.09. The van der Waals surface area contributed by atoms with Crippen molar-refractivity contribution < 1.29 is 8.42 Å². The quantitative estimate of drug-likeness (QED) is 0.859. The van der Waals surface area contributed by atoms with Crippen LogP contribution in [0.5, 0.6) is 0 Å². The van der Waals surface area contributed by atoms with E-state index in [9.17, 15) is 8.42 Å². The molecule has 1 aliphatic heterocycles. The smallest absolute Gasteiger partial charge is 0.261 e. The average Bonchev–Trinajstić information content (AvgIpc) is 2.47. The Bertz CT molecular complexity index is 594. The molecular formula is C12H16N4O2S. The van der Waals surface area contributed by atoms with Crippen molar-refractivity contribution in [2.24, 2.45) is 11.7 Å². The Morgan fingerprint density at radius 2 is 2.37 bits per heavy atom. The van der Waals surface area contributed by atoms with Crippen LogP contribution in [0.4, 0.5) is 0 Å². The SMILES string of the molecule is N#Cc1cccnc1S(=O)(=O)N1CCC[C@H](CN)C1. The summed E-state index contributed by atoms with van der Waals surface area (Å²) in [6.45, 7) is 1.33. The molecule has 0 bridgehead atoms. The van der Waals surface area contributed by atoms with Crippen LogP contribution in [0.3, 0.4) is 0 Å². The summed E-state index contributed by atoms with van der Waals surface area (Å²) < 4.78 is 26.4. The summed E-state index contributed by atoms with van der Waals surface area (Å²) in [7, 11) is -3.70. The summed E-state index contributed by atoms with van der Waals surface area (Å²) in [5.74, 6) is 0.178. The van der Waals surface area contributed by atoms with E-state index >= 15 is 0 Å². The van der Waals surface area contributed by atoms with Crippen molar-refractivity contribution in [1.82, 2.24) is 9.29 Å². The molecule has 1 aromatic heterocycles. The lowest BCUT2D eigenvalue weighted by molar-refractivity contribution is 0.271. The fourth-order valence-electron chi connectivity index (χ4n) is 2.24. The third-order valence-corrected chi connectivity index (χ3v) is 5.12. The van der Waals surface area contributed by atoms with Crippen molar-refractivity contribution in [3.63, 3.8) is 0 Å². The first-order valence-corrected chi connectivity index (χ1v) is 7.59. The first kappa shape index (κ1) is 13.9. The number of hydrogen-bond acceptors (Lipinski definition) is 5. The molecule has 1 saturated heterocycles. The number of nitriles is 1. The molecule has 19 heavy (non-hydrogen) atoms. The van der Waals surface area contributed by atoms with Crippen molar-refractivity contribution in [3.05, 3.63) is 23.9 Å². The molecule has 1 atom stereocenters. The highest BCUT2D eigenvalue weighted by Gasteiger charge is 2.32. The van der Waals surface area contributed by atoms with Gasteiger partial charge in [-0.2, -0.15) is 9.57 Å². The molecule has 0 saturated carbocycles. The van der Waals surface area contributed by atoms with Gasteiger partial charge in [0.05, 0.1) is 5.56 Å². The summed E-state index contributed by atoms with van der Waals surface area (Å²) in [6.07, 6.45) is 3.11. The molecule has 1 aliphatic rings. The maximum Gasteiger partial charge on any atom is 0.261 e. The van der Waals surface area contributed by atoms with Crippen molar-refractivity contribution in [2.45, 2.75) is 17.9 Å². The Balaban J connectivity index is 2.35. The van der Waals surface area contributed by atoms with E-state index in [4.69, 9.17) is 11.0 Å². The van der Waals surface area contributed by atoms with Gasteiger partial charge in [-0.15, -0.1) is 0 Å². The molecule has 2 heterocycles. The molecule has 0 spiro atoms.